The molecule has 3 rings (SSSR count). The van der Waals surface area contributed by atoms with Crippen LogP contribution in [0.3, 0.4) is 0 Å². The lowest BCUT2D eigenvalue weighted by Gasteiger charge is -2.24. The van der Waals surface area contributed by atoms with Crippen LogP contribution in [0.15, 0.2) is 48.5 Å². The minimum Gasteiger partial charge on any atom is -0.396 e. The highest BCUT2D eigenvalue weighted by molar-refractivity contribution is 6.35. The molecule has 8 heteroatoms. The van der Waals surface area contributed by atoms with E-state index in [4.69, 9.17) is 17.3 Å². The zero-order valence-corrected chi connectivity index (χ0v) is 20.4. The zero-order valence-electron chi connectivity index (χ0n) is 19.7. The smallest absolute Gasteiger partial charge is 0.249 e. The van der Waals surface area contributed by atoms with E-state index in [0.29, 0.717) is 23.2 Å². The Labute approximate surface area is 207 Å². The van der Waals surface area contributed by atoms with Crippen LogP contribution >= 0.6 is 11.6 Å². The third-order valence-corrected chi connectivity index (χ3v) is 6.07. The van der Waals surface area contributed by atoms with E-state index >= 15 is 0 Å². The summed E-state index contributed by atoms with van der Waals surface area (Å²) in [5, 5.41) is 13.0. The number of hydrogen-bond donors (Lipinski definition) is 3. The van der Waals surface area contributed by atoms with Crippen LogP contribution in [-0.4, -0.2) is 23.4 Å². The number of primary amides is 1. The predicted molar refractivity (Wildman–Crippen MR) is 134 cm³/mol. The van der Waals surface area contributed by atoms with Gasteiger partial charge >= 0.3 is 0 Å². The number of amides is 1. The number of aliphatic hydroxyl groups excluding tert-OH is 1. The van der Waals surface area contributed by atoms with Crippen molar-refractivity contribution in [3.05, 3.63) is 93.0 Å². The van der Waals surface area contributed by atoms with Crippen LogP contribution in [0.5, 0.6) is 0 Å². The second kappa shape index (κ2) is 11.0. The van der Waals surface area contributed by atoms with Crippen LogP contribution < -0.4 is 11.1 Å². The molecule has 35 heavy (non-hydrogen) atoms. The van der Waals surface area contributed by atoms with E-state index < -0.39 is 29.2 Å². The van der Waals surface area contributed by atoms with Crippen molar-refractivity contribution in [3.63, 3.8) is 0 Å². The van der Waals surface area contributed by atoms with E-state index in [2.05, 4.69) is 5.32 Å². The van der Waals surface area contributed by atoms with Crippen LogP contribution in [-0.2, 0) is 0 Å². The summed E-state index contributed by atoms with van der Waals surface area (Å²) in [6, 6.07) is 10.8. The first kappa shape index (κ1) is 26.3. The maximum atomic E-state index is 14.0. The Morgan fingerprint density at radius 2 is 1.74 bits per heavy atom. The van der Waals surface area contributed by atoms with Crippen molar-refractivity contribution >= 4 is 34.7 Å². The summed E-state index contributed by atoms with van der Waals surface area (Å²) in [5.74, 6) is -2.87. The number of aliphatic hydroxyl groups is 1. The van der Waals surface area contributed by atoms with E-state index in [-0.39, 0.29) is 39.9 Å². The fourth-order valence-corrected chi connectivity index (χ4v) is 4.45. The Balaban J connectivity index is 2.06. The predicted octanol–water partition coefficient (Wildman–Crippen LogP) is 6.12. The molecule has 0 radical (unpaired) electrons. The number of nitrogens with two attached hydrogens (primary N) is 1. The molecule has 0 saturated carbocycles. The summed E-state index contributed by atoms with van der Waals surface area (Å²) in [6.07, 6.45) is 0.542. The Morgan fingerprint density at radius 1 is 1.06 bits per heavy atom. The molecule has 0 bridgehead atoms. The molecule has 0 aliphatic carbocycles. The van der Waals surface area contributed by atoms with Gasteiger partial charge in [0.1, 0.15) is 11.6 Å². The van der Waals surface area contributed by atoms with Gasteiger partial charge in [0.25, 0.3) is 0 Å². The van der Waals surface area contributed by atoms with Gasteiger partial charge in [-0.15, -0.1) is 0 Å². The van der Waals surface area contributed by atoms with Gasteiger partial charge in [0.15, 0.2) is 5.78 Å². The largest absolute Gasteiger partial charge is 0.396 e. The normalized spacial score (nSPS) is 12.0. The molecule has 184 valence electrons. The lowest BCUT2D eigenvalue weighted by atomic mass is 9.81. The van der Waals surface area contributed by atoms with E-state index in [1.807, 2.05) is 13.8 Å². The minimum atomic E-state index is -0.773. The molecular weight excluding hydrogens is 474 g/mol. The Bertz CT molecular complexity index is 1280. The molecule has 0 heterocycles. The van der Waals surface area contributed by atoms with Gasteiger partial charge in [-0.25, -0.2) is 8.78 Å². The van der Waals surface area contributed by atoms with Crippen LogP contribution in [0.25, 0.3) is 0 Å². The molecule has 1 amide bonds. The lowest BCUT2D eigenvalue weighted by molar-refractivity contribution is 0.0998. The van der Waals surface area contributed by atoms with Crippen LogP contribution in [0.1, 0.15) is 63.6 Å². The number of carbonyl (C=O) groups excluding carboxylic acids is 2. The second-order valence-corrected chi connectivity index (χ2v) is 9.27. The van der Waals surface area contributed by atoms with E-state index in [0.717, 1.165) is 12.1 Å². The molecular formula is C27H27ClF2N2O3. The number of rotatable bonds is 9. The van der Waals surface area contributed by atoms with E-state index in [9.17, 15) is 23.5 Å². The van der Waals surface area contributed by atoms with Crippen molar-refractivity contribution in [2.24, 2.45) is 11.7 Å². The Kier molecular flexibility index (Phi) is 8.25. The summed E-state index contributed by atoms with van der Waals surface area (Å²) in [7, 11) is 0. The fourth-order valence-electron chi connectivity index (χ4n) is 4.18. The number of hydrogen-bond acceptors (Lipinski definition) is 4. The topological polar surface area (TPSA) is 92.4 Å². The van der Waals surface area contributed by atoms with Crippen molar-refractivity contribution in [1.29, 1.82) is 0 Å². The highest BCUT2D eigenvalue weighted by atomic mass is 35.5. The highest BCUT2D eigenvalue weighted by Crippen LogP contribution is 2.35. The maximum Gasteiger partial charge on any atom is 0.249 e. The molecule has 0 aliphatic heterocycles. The minimum absolute atomic E-state index is 0.0494. The van der Waals surface area contributed by atoms with Gasteiger partial charge in [-0.1, -0.05) is 31.5 Å². The molecule has 4 N–H and O–H groups in total. The molecule has 0 aliphatic rings. The Morgan fingerprint density at radius 3 is 2.31 bits per heavy atom. The molecule has 0 aromatic heterocycles. The maximum absolute atomic E-state index is 14.0. The molecule has 0 saturated heterocycles. The third kappa shape index (κ3) is 5.86. The number of ketones is 1. The summed E-state index contributed by atoms with van der Waals surface area (Å²) < 4.78 is 27.2. The SMILES string of the molecule is Cc1ccc(C(N)=O)c([C@H](CO)CC(C)C)c1C(=O)c1ccc(Nc2ccc(F)cc2F)cc1Cl. The van der Waals surface area contributed by atoms with Gasteiger partial charge in [0.2, 0.25) is 5.91 Å². The summed E-state index contributed by atoms with van der Waals surface area (Å²) in [4.78, 5) is 25.9. The number of aryl methyl sites for hydroxylation is 1. The number of anilines is 2. The fraction of sp³-hybridized carbons (Fsp3) is 0.259. The van der Waals surface area contributed by atoms with Gasteiger partial charge in [0, 0.05) is 41.0 Å². The first-order chi connectivity index (χ1) is 16.5. The van der Waals surface area contributed by atoms with Gasteiger partial charge in [0.05, 0.1) is 10.7 Å². The summed E-state index contributed by atoms with van der Waals surface area (Å²) >= 11 is 6.45. The standard InChI is InChI=1S/C27H27ClF2N2O3/c1-14(2)10-16(13-33)25-20(27(31)35)7-4-15(3)24(25)26(34)19-8-6-18(12-21(19)28)32-23-9-5-17(29)11-22(23)30/h4-9,11-12,14,16,32-33H,10,13H2,1-3H3,(H2,31,35)/t16-/m0/s1. The summed E-state index contributed by atoms with van der Waals surface area (Å²) in [5.41, 5.74) is 7.71. The molecule has 0 fully saturated rings. The van der Waals surface area contributed by atoms with Gasteiger partial charge in [-0.2, -0.15) is 0 Å². The van der Waals surface area contributed by atoms with E-state index in [1.165, 1.54) is 18.2 Å². The van der Waals surface area contributed by atoms with Gasteiger partial charge in [-0.05, 0) is 66.8 Å². The molecule has 3 aromatic carbocycles. The van der Waals surface area contributed by atoms with E-state index in [1.54, 1.807) is 25.1 Å². The average Bonchev–Trinajstić information content (AvgIpc) is 2.78. The number of halogens is 3. The van der Waals surface area contributed by atoms with Crippen LogP contribution in [0.2, 0.25) is 5.02 Å². The van der Waals surface area contributed by atoms with Crippen molar-refractivity contribution in [3.8, 4) is 0 Å². The first-order valence-electron chi connectivity index (χ1n) is 11.1. The molecule has 0 unspecified atom stereocenters. The monoisotopic (exact) mass is 500 g/mol. The molecule has 5 nitrogen and oxygen atoms in total. The molecule has 0 spiro atoms. The number of nitrogens with one attached hydrogen (secondary N) is 1. The van der Waals surface area contributed by atoms with Gasteiger partial charge < -0.3 is 16.2 Å². The highest BCUT2D eigenvalue weighted by Gasteiger charge is 2.28. The quantitative estimate of drug-likeness (QED) is 0.308. The van der Waals surface area contributed by atoms with Crippen LogP contribution in [0.4, 0.5) is 20.2 Å². The van der Waals surface area contributed by atoms with Crippen molar-refractivity contribution in [1.82, 2.24) is 0 Å². The zero-order chi connectivity index (χ0) is 25.9. The van der Waals surface area contributed by atoms with Crippen molar-refractivity contribution in [2.75, 3.05) is 11.9 Å². The third-order valence-electron chi connectivity index (χ3n) is 5.75. The van der Waals surface area contributed by atoms with Gasteiger partial charge in [-0.3, -0.25) is 9.59 Å². The van der Waals surface area contributed by atoms with Crippen molar-refractivity contribution < 1.29 is 23.5 Å². The molecule has 3 aromatic rings. The number of benzene rings is 3. The van der Waals surface area contributed by atoms with Crippen molar-refractivity contribution in [2.45, 2.75) is 33.1 Å². The molecule has 1 atom stereocenters. The average molecular weight is 501 g/mol. The second-order valence-electron chi connectivity index (χ2n) is 8.86. The Hall–Kier alpha value is -3.29. The first-order valence-corrected chi connectivity index (χ1v) is 11.5. The van der Waals surface area contributed by atoms with Crippen LogP contribution in [0, 0.1) is 24.5 Å². The number of carbonyl (C=O) groups is 2. The lowest BCUT2D eigenvalue weighted by Crippen LogP contribution is -2.22. The summed E-state index contributed by atoms with van der Waals surface area (Å²) in [6.45, 7) is 5.45.